The molecular formula is C4H7N2S+. The number of rotatable bonds is 1. The number of hydrogen-bond acceptors (Lipinski definition) is 2. The summed E-state index contributed by atoms with van der Waals surface area (Å²) < 4.78 is 3.88. The fourth-order valence-electron chi connectivity index (χ4n) is 0.381. The number of nitrogens with one attached hydrogen (secondary N) is 1. The molecule has 1 rings (SSSR count). The Morgan fingerprint density at radius 2 is 2.86 bits per heavy atom. The van der Waals surface area contributed by atoms with Crippen LogP contribution in [0.1, 0.15) is 11.9 Å². The monoisotopic (exact) mass is 115 g/mol. The minimum atomic E-state index is 1.06. The van der Waals surface area contributed by atoms with Crippen molar-refractivity contribution in [3.8, 4) is 0 Å². The first kappa shape index (κ1) is 4.71. The van der Waals surface area contributed by atoms with Crippen molar-refractivity contribution in [3.63, 3.8) is 0 Å². The predicted octanol–water partition coefficient (Wildman–Crippen LogP) is 0.520. The molecule has 0 fully saturated rings. The van der Waals surface area contributed by atoms with Gasteiger partial charge in [0.05, 0.1) is 0 Å². The van der Waals surface area contributed by atoms with Crippen molar-refractivity contribution in [2.75, 3.05) is 0 Å². The molecule has 1 heterocycles. The number of aromatic amines is 1. The number of hydrogen-bond donors (Lipinski definition) is 0. The van der Waals surface area contributed by atoms with E-state index in [0.29, 0.717) is 0 Å². The Morgan fingerprint density at radius 3 is 3.14 bits per heavy atom. The lowest BCUT2D eigenvalue weighted by molar-refractivity contribution is -0.385. The predicted molar refractivity (Wildman–Crippen MR) is 28.0 cm³/mol. The Morgan fingerprint density at radius 1 is 2.00 bits per heavy atom. The smallest absolute Gasteiger partial charge is 0.235 e. The molecule has 0 bridgehead atoms. The number of nitrogens with zero attached hydrogens (tertiary/aromatic N) is 1. The summed E-state index contributed by atoms with van der Waals surface area (Å²) in [4.78, 5) is 2.99. The first-order valence-electron chi connectivity index (χ1n) is 2.24. The highest BCUT2D eigenvalue weighted by Gasteiger charge is 1.94. The second kappa shape index (κ2) is 2.02. The molecular weight excluding hydrogens is 108 g/mol. The van der Waals surface area contributed by atoms with Crippen molar-refractivity contribution < 1.29 is 4.98 Å². The third-order valence-corrected chi connectivity index (χ3v) is 1.60. The maximum absolute atomic E-state index is 3.88. The van der Waals surface area contributed by atoms with Crippen molar-refractivity contribution in [3.05, 3.63) is 11.3 Å². The van der Waals surface area contributed by atoms with E-state index >= 15 is 0 Å². The average Bonchev–Trinajstić information content (AvgIpc) is 2.14. The van der Waals surface area contributed by atoms with E-state index in [1.165, 1.54) is 16.5 Å². The van der Waals surface area contributed by atoms with Crippen LogP contribution in [-0.2, 0) is 6.42 Å². The van der Waals surface area contributed by atoms with E-state index < -0.39 is 0 Å². The van der Waals surface area contributed by atoms with Crippen LogP contribution in [0.25, 0.3) is 0 Å². The molecule has 1 aromatic heterocycles. The lowest BCUT2D eigenvalue weighted by atomic mass is 10.5. The molecule has 3 heteroatoms. The first-order chi connectivity index (χ1) is 3.43. The summed E-state index contributed by atoms with van der Waals surface area (Å²) in [5.41, 5.74) is 0. The molecule has 0 radical (unpaired) electrons. The van der Waals surface area contributed by atoms with Crippen molar-refractivity contribution >= 4 is 11.5 Å². The third-order valence-electron chi connectivity index (χ3n) is 0.762. The molecule has 0 aliphatic heterocycles. The van der Waals surface area contributed by atoms with Gasteiger partial charge in [0, 0.05) is 10.8 Å². The van der Waals surface area contributed by atoms with E-state index in [4.69, 9.17) is 0 Å². The molecule has 0 aliphatic carbocycles. The maximum atomic E-state index is 3.88. The highest BCUT2D eigenvalue weighted by molar-refractivity contribution is 7.04. The Hall–Kier alpha value is -0.440. The quantitative estimate of drug-likeness (QED) is 0.524. The summed E-state index contributed by atoms with van der Waals surface area (Å²) in [6.45, 7) is 2.10. The molecule has 0 saturated heterocycles. The van der Waals surface area contributed by atoms with Gasteiger partial charge < -0.3 is 0 Å². The van der Waals surface area contributed by atoms with Gasteiger partial charge in [0.15, 0.2) is 5.01 Å². The van der Waals surface area contributed by atoms with E-state index in [2.05, 4.69) is 16.3 Å². The lowest BCUT2D eigenvalue weighted by Gasteiger charge is -1.69. The summed E-state index contributed by atoms with van der Waals surface area (Å²) in [6, 6.07) is 0. The van der Waals surface area contributed by atoms with Crippen LogP contribution >= 0.6 is 11.5 Å². The minimum absolute atomic E-state index is 1.06. The summed E-state index contributed by atoms with van der Waals surface area (Å²) in [5.74, 6) is 0. The zero-order valence-electron chi connectivity index (χ0n) is 4.14. The number of aryl methyl sites for hydroxylation is 1. The van der Waals surface area contributed by atoms with Gasteiger partial charge in [-0.25, -0.2) is 4.98 Å². The van der Waals surface area contributed by atoms with Crippen LogP contribution in [0, 0.1) is 0 Å². The summed E-state index contributed by atoms with van der Waals surface area (Å²) >= 11 is 1.52. The summed E-state index contributed by atoms with van der Waals surface area (Å²) in [6.07, 6.45) is 2.77. The zero-order valence-corrected chi connectivity index (χ0v) is 4.96. The van der Waals surface area contributed by atoms with Gasteiger partial charge in [-0.2, -0.15) is 0 Å². The first-order valence-corrected chi connectivity index (χ1v) is 3.02. The van der Waals surface area contributed by atoms with Crippen molar-refractivity contribution in [2.24, 2.45) is 0 Å². The second-order valence-electron chi connectivity index (χ2n) is 1.25. The van der Waals surface area contributed by atoms with Crippen LogP contribution in [0.15, 0.2) is 6.33 Å². The average molecular weight is 115 g/mol. The van der Waals surface area contributed by atoms with Gasteiger partial charge in [0.25, 0.3) is 6.33 Å². The van der Waals surface area contributed by atoms with Crippen LogP contribution < -0.4 is 4.98 Å². The molecule has 1 aromatic rings. The molecule has 38 valence electrons. The highest BCUT2D eigenvalue weighted by atomic mass is 32.1. The fourth-order valence-corrected chi connectivity index (χ4v) is 0.848. The highest BCUT2D eigenvalue weighted by Crippen LogP contribution is 1.92. The molecule has 0 aromatic carbocycles. The van der Waals surface area contributed by atoms with E-state index in [9.17, 15) is 0 Å². The van der Waals surface area contributed by atoms with Gasteiger partial charge in [-0.1, -0.05) is 6.92 Å². The Balaban J connectivity index is 2.76. The zero-order chi connectivity index (χ0) is 5.11. The van der Waals surface area contributed by atoms with E-state index in [1.807, 2.05) is 0 Å². The molecule has 0 unspecified atom stereocenters. The maximum Gasteiger partial charge on any atom is 0.300 e. The van der Waals surface area contributed by atoms with Crippen LogP contribution in [0.3, 0.4) is 0 Å². The third kappa shape index (κ3) is 0.962. The van der Waals surface area contributed by atoms with Gasteiger partial charge in [-0.05, 0) is 0 Å². The Kier molecular flexibility index (Phi) is 1.36. The van der Waals surface area contributed by atoms with E-state index in [0.717, 1.165) is 6.42 Å². The molecule has 0 spiro atoms. The van der Waals surface area contributed by atoms with Gasteiger partial charge >= 0.3 is 0 Å². The molecule has 2 nitrogen and oxygen atoms in total. The molecule has 0 aliphatic rings. The van der Waals surface area contributed by atoms with Crippen LogP contribution in [-0.4, -0.2) is 4.37 Å². The molecule has 0 atom stereocenters. The minimum Gasteiger partial charge on any atom is -0.235 e. The molecule has 7 heavy (non-hydrogen) atoms. The normalized spacial score (nSPS) is 9.29. The second-order valence-corrected chi connectivity index (χ2v) is 2.13. The van der Waals surface area contributed by atoms with Gasteiger partial charge in [0.2, 0.25) is 0 Å². The van der Waals surface area contributed by atoms with Crippen molar-refractivity contribution in [1.82, 2.24) is 4.37 Å². The summed E-state index contributed by atoms with van der Waals surface area (Å²) in [7, 11) is 0. The van der Waals surface area contributed by atoms with Crippen molar-refractivity contribution in [2.45, 2.75) is 13.3 Å². The molecule has 0 saturated carbocycles. The van der Waals surface area contributed by atoms with Gasteiger partial charge in [-0.3, -0.25) is 0 Å². The topological polar surface area (TPSA) is 27.0 Å². The summed E-state index contributed by atoms with van der Waals surface area (Å²) in [5, 5.41) is 1.24. The van der Waals surface area contributed by atoms with Gasteiger partial charge in [0.1, 0.15) is 11.5 Å². The fraction of sp³-hybridized carbons (Fsp3) is 0.500. The standard InChI is InChI=1S/C4H6N2S/c1-2-4-5-3-6-7-4/h3H,2H2,1H3/p+1. The lowest BCUT2D eigenvalue weighted by Crippen LogP contribution is -2.00. The Labute approximate surface area is 46.4 Å². The molecule has 1 N–H and O–H groups in total. The van der Waals surface area contributed by atoms with Crippen LogP contribution in [0.2, 0.25) is 0 Å². The van der Waals surface area contributed by atoms with Gasteiger partial charge in [-0.15, -0.1) is 0 Å². The van der Waals surface area contributed by atoms with Crippen molar-refractivity contribution in [1.29, 1.82) is 0 Å². The van der Waals surface area contributed by atoms with Crippen LogP contribution in [0.5, 0.6) is 0 Å². The van der Waals surface area contributed by atoms with Crippen LogP contribution in [0.4, 0.5) is 0 Å². The number of aromatic nitrogens is 2. The van der Waals surface area contributed by atoms with E-state index in [-0.39, 0.29) is 0 Å². The molecule has 0 amide bonds. The largest absolute Gasteiger partial charge is 0.300 e. The van der Waals surface area contributed by atoms with E-state index in [1.54, 1.807) is 6.33 Å². The Bertz CT molecular complexity index is 124. The SMILES string of the molecule is CCc1[nH+]cns1. The number of H-pyrrole nitrogens is 1.